The van der Waals surface area contributed by atoms with Crippen LogP contribution in [0.15, 0.2) is 82.6 Å². The van der Waals surface area contributed by atoms with Crippen molar-refractivity contribution in [2.45, 2.75) is 23.6 Å². The van der Waals surface area contributed by atoms with Crippen molar-refractivity contribution < 1.29 is 13.2 Å². The Labute approximate surface area is 175 Å². The van der Waals surface area contributed by atoms with Gasteiger partial charge >= 0.3 is 0 Å². The number of amides is 1. The van der Waals surface area contributed by atoms with Crippen molar-refractivity contribution in [2.24, 2.45) is 0 Å². The standard InChI is InChI=1S/C22H22N2O3S2/c1-16-3-7-18(8-4-16)23-22(25)15-28-20-11-9-19(10-12-20)24-29(26,27)21-13-5-17(2)6-14-21/h3-14,24H,15H2,1-2H3,(H,23,25). The van der Waals surface area contributed by atoms with E-state index in [-0.39, 0.29) is 16.6 Å². The Hall–Kier alpha value is -2.77. The van der Waals surface area contributed by atoms with E-state index in [1.54, 1.807) is 48.5 Å². The summed E-state index contributed by atoms with van der Waals surface area (Å²) in [5.41, 5.74) is 3.37. The molecule has 3 aromatic carbocycles. The van der Waals surface area contributed by atoms with Gasteiger partial charge in [0.1, 0.15) is 0 Å². The molecule has 0 atom stereocenters. The molecule has 0 spiro atoms. The fourth-order valence-electron chi connectivity index (χ4n) is 2.53. The van der Waals surface area contributed by atoms with Gasteiger partial charge in [-0.1, -0.05) is 35.4 Å². The first-order valence-corrected chi connectivity index (χ1v) is 11.5. The van der Waals surface area contributed by atoms with Crippen LogP contribution in [0.2, 0.25) is 0 Å². The number of nitrogens with one attached hydrogen (secondary N) is 2. The molecule has 0 fully saturated rings. The van der Waals surface area contributed by atoms with Crippen molar-refractivity contribution in [3.05, 3.63) is 83.9 Å². The predicted molar refractivity (Wildman–Crippen MR) is 119 cm³/mol. The van der Waals surface area contributed by atoms with Gasteiger partial charge < -0.3 is 5.32 Å². The molecule has 0 bridgehead atoms. The van der Waals surface area contributed by atoms with Crippen LogP contribution >= 0.6 is 11.8 Å². The zero-order valence-electron chi connectivity index (χ0n) is 16.2. The highest BCUT2D eigenvalue weighted by molar-refractivity contribution is 8.00. The quantitative estimate of drug-likeness (QED) is 0.531. The minimum absolute atomic E-state index is 0.0944. The third-order valence-electron chi connectivity index (χ3n) is 4.14. The molecule has 0 aliphatic heterocycles. The lowest BCUT2D eigenvalue weighted by Gasteiger charge is -2.09. The van der Waals surface area contributed by atoms with Gasteiger partial charge in [-0.25, -0.2) is 8.42 Å². The van der Waals surface area contributed by atoms with E-state index in [0.29, 0.717) is 5.69 Å². The lowest BCUT2D eigenvalue weighted by atomic mass is 10.2. The summed E-state index contributed by atoms with van der Waals surface area (Å²) in [6, 6.07) is 21.2. The lowest BCUT2D eigenvalue weighted by Crippen LogP contribution is -2.14. The van der Waals surface area contributed by atoms with E-state index in [0.717, 1.165) is 21.7 Å². The molecule has 3 rings (SSSR count). The second-order valence-electron chi connectivity index (χ2n) is 6.65. The molecule has 0 saturated carbocycles. The molecule has 0 heterocycles. The number of carbonyl (C=O) groups excluding carboxylic acids is 1. The van der Waals surface area contributed by atoms with Crippen molar-refractivity contribution in [3.63, 3.8) is 0 Å². The van der Waals surface area contributed by atoms with Crippen molar-refractivity contribution in [1.29, 1.82) is 0 Å². The molecule has 0 unspecified atom stereocenters. The fraction of sp³-hybridized carbons (Fsp3) is 0.136. The van der Waals surface area contributed by atoms with Crippen LogP contribution in [-0.4, -0.2) is 20.1 Å². The van der Waals surface area contributed by atoms with Gasteiger partial charge in [0.2, 0.25) is 5.91 Å². The summed E-state index contributed by atoms with van der Waals surface area (Å²) in [4.78, 5) is 13.2. The first-order valence-electron chi connectivity index (χ1n) is 9.01. The van der Waals surface area contributed by atoms with Crippen LogP contribution in [0.25, 0.3) is 0 Å². The maximum Gasteiger partial charge on any atom is 0.261 e. The Morgan fingerprint density at radius 1 is 0.793 bits per heavy atom. The summed E-state index contributed by atoms with van der Waals surface area (Å²) < 4.78 is 27.4. The van der Waals surface area contributed by atoms with E-state index in [4.69, 9.17) is 0 Å². The summed E-state index contributed by atoms with van der Waals surface area (Å²) in [6.45, 7) is 3.90. The van der Waals surface area contributed by atoms with E-state index >= 15 is 0 Å². The molecule has 0 aliphatic rings. The number of benzene rings is 3. The molecule has 0 radical (unpaired) electrons. The van der Waals surface area contributed by atoms with Crippen molar-refractivity contribution in [1.82, 2.24) is 0 Å². The summed E-state index contributed by atoms with van der Waals surface area (Å²) in [5.74, 6) is 0.172. The summed E-state index contributed by atoms with van der Waals surface area (Å²) in [6.07, 6.45) is 0. The number of hydrogen-bond acceptors (Lipinski definition) is 4. The second-order valence-corrected chi connectivity index (χ2v) is 9.38. The van der Waals surface area contributed by atoms with Gasteiger partial charge in [0.05, 0.1) is 10.6 Å². The number of rotatable bonds is 7. The van der Waals surface area contributed by atoms with E-state index in [1.807, 2.05) is 38.1 Å². The van der Waals surface area contributed by atoms with Gasteiger partial charge in [-0.3, -0.25) is 9.52 Å². The van der Waals surface area contributed by atoms with Crippen LogP contribution in [0.3, 0.4) is 0 Å². The smallest absolute Gasteiger partial charge is 0.261 e. The number of aryl methyl sites for hydroxylation is 2. The Balaban J connectivity index is 1.55. The van der Waals surface area contributed by atoms with Crippen molar-refractivity contribution in [3.8, 4) is 0 Å². The highest BCUT2D eigenvalue weighted by Crippen LogP contribution is 2.22. The first-order chi connectivity index (χ1) is 13.8. The number of hydrogen-bond donors (Lipinski definition) is 2. The van der Waals surface area contributed by atoms with Crippen LogP contribution < -0.4 is 10.0 Å². The Bertz CT molecular complexity index is 1080. The largest absolute Gasteiger partial charge is 0.325 e. The number of thioether (sulfide) groups is 1. The molecule has 150 valence electrons. The molecule has 7 heteroatoms. The third kappa shape index (κ3) is 6.10. The first kappa shape index (κ1) is 21.0. The van der Waals surface area contributed by atoms with Crippen LogP contribution in [0.1, 0.15) is 11.1 Å². The van der Waals surface area contributed by atoms with Gasteiger partial charge in [-0.15, -0.1) is 11.8 Å². The summed E-state index contributed by atoms with van der Waals surface area (Å²) >= 11 is 1.39. The average Bonchev–Trinajstić information content (AvgIpc) is 2.69. The average molecular weight is 427 g/mol. The number of carbonyl (C=O) groups is 1. The van der Waals surface area contributed by atoms with E-state index < -0.39 is 10.0 Å². The Morgan fingerprint density at radius 3 is 1.90 bits per heavy atom. The minimum atomic E-state index is -3.63. The monoisotopic (exact) mass is 426 g/mol. The molecule has 2 N–H and O–H groups in total. The highest BCUT2D eigenvalue weighted by Gasteiger charge is 2.13. The molecule has 29 heavy (non-hydrogen) atoms. The van der Waals surface area contributed by atoms with Crippen LogP contribution in [0.5, 0.6) is 0 Å². The minimum Gasteiger partial charge on any atom is -0.325 e. The topological polar surface area (TPSA) is 75.3 Å². The molecule has 1 amide bonds. The second kappa shape index (κ2) is 9.15. The molecule has 0 saturated heterocycles. The summed E-state index contributed by atoms with van der Waals surface area (Å²) in [5, 5.41) is 2.85. The number of anilines is 2. The molecule has 3 aromatic rings. The zero-order valence-corrected chi connectivity index (χ0v) is 17.8. The molecule has 0 aromatic heterocycles. The normalized spacial score (nSPS) is 11.1. The van der Waals surface area contributed by atoms with Gasteiger partial charge in [-0.05, 0) is 62.4 Å². The lowest BCUT2D eigenvalue weighted by molar-refractivity contribution is -0.113. The maximum atomic E-state index is 12.4. The Kier molecular flexibility index (Phi) is 6.61. The van der Waals surface area contributed by atoms with E-state index in [2.05, 4.69) is 10.0 Å². The SMILES string of the molecule is Cc1ccc(NC(=O)CSc2ccc(NS(=O)(=O)c3ccc(C)cc3)cc2)cc1. The third-order valence-corrected chi connectivity index (χ3v) is 6.55. The Morgan fingerprint density at radius 2 is 1.31 bits per heavy atom. The van der Waals surface area contributed by atoms with Gasteiger partial charge in [0, 0.05) is 16.3 Å². The molecule has 5 nitrogen and oxygen atoms in total. The van der Waals surface area contributed by atoms with Crippen LogP contribution in [0.4, 0.5) is 11.4 Å². The van der Waals surface area contributed by atoms with Crippen LogP contribution in [0, 0.1) is 13.8 Å². The molecular formula is C22H22N2O3S2. The highest BCUT2D eigenvalue weighted by atomic mass is 32.2. The number of sulfonamides is 1. The molecule has 0 aliphatic carbocycles. The van der Waals surface area contributed by atoms with Crippen molar-refractivity contribution >= 4 is 39.1 Å². The van der Waals surface area contributed by atoms with Gasteiger partial charge in [0.25, 0.3) is 10.0 Å². The molecular weight excluding hydrogens is 404 g/mol. The predicted octanol–water partition coefficient (Wildman–Crippen LogP) is 4.84. The van der Waals surface area contributed by atoms with E-state index in [9.17, 15) is 13.2 Å². The van der Waals surface area contributed by atoms with Gasteiger partial charge in [-0.2, -0.15) is 0 Å². The summed E-state index contributed by atoms with van der Waals surface area (Å²) in [7, 11) is -3.63. The maximum absolute atomic E-state index is 12.4. The van der Waals surface area contributed by atoms with Crippen LogP contribution in [-0.2, 0) is 14.8 Å². The van der Waals surface area contributed by atoms with E-state index in [1.165, 1.54) is 11.8 Å². The fourth-order valence-corrected chi connectivity index (χ4v) is 4.29. The zero-order chi connectivity index (χ0) is 20.9. The van der Waals surface area contributed by atoms with Crippen molar-refractivity contribution in [2.75, 3.05) is 15.8 Å². The van der Waals surface area contributed by atoms with Gasteiger partial charge in [0.15, 0.2) is 0 Å².